The zero-order valence-electron chi connectivity index (χ0n) is 11.4. The quantitative estimate of drug-likeness (QED) is 0.374. The predicted octanol–water partition coefficient (Wildman–Crippen LogP) is 2.45. The molecule has 2 aromatic rings. The number of hydrogen-bond acceptors (Lipinski definition) is 5. The first kappa shape index (κ1) is 14.9. The average molecular weight is 304 g/mol. The first-order chi connectivity index (χ1) is 10.0. The number of nitro benzene ring substituents is 1. The van der Waals surface area contributed by atoms with Crippen molar-refractivity contribution in [1.29, 1.82) is 5.26 Å². The lowest BCUT2D eigenvalue weighted by Gasteiger charge is -2.10. The zero-order valence-corrected chi connectivity index (χ0v) is 12.3. The molecular formula is C13H12N4O3S. The summed E-state index contributed by atoms with van der Waals surface area (Å²) in [6, 6.07) is 5.74. The summed E-state index contributed by atoms with van der Waals surface area (Å²) in [7, 11) is 0. The van der Waals surface area contributed by atoms with Crippen molar-refractivity contribution >= 4 is 17.4 Å². The number of thioether (sulfide) groups is 1. The van der Waals surface area contributed by atoms with Crippen LogP contribution in [0, 0.1) is 27.7 Å². The topological polar surface area (TPSA) is 93.9 Å². The Bertz CT molecular complexity index is 783. The molecule has 0 saturated carbocycles. The van der Waals surface area contributed by atoms with Gasteiger partial charge in [-0.15, -0.1) is 0 Å². The minimum Gasteiger partial charge on any atom is -0.281 e. The lowest BCUT2D eigenvalue weighted by Crippen LogP contribution is -2.21. The number of aromatic nitrogens is 2. The van der Waals surface area contributed by atoms with E-state index < -0.39 is 4.92 Å². The Morgan fingerprint density at radius 1 is 1.38 bits per heavy atom. The number of thiocyanates is 1. The highest BCUT2D eigenvalue weighted by Gasteiger charge is 2.18. The van der Waals surface area contributed by atoms with E-state index in [4.69, 9.17) is 5.26 Å². The molecule has 0 N–H and O–H groups in total. The van der Waals surface area contributed by atoms with Gasteiger partial charge in [-0.1, -0.05) is 0 Å². The largest absolute Gasteiger partial charge is 0.286 e. The van der Waals surface area contributed by atoms with Crippen molar-refractivity contribution in [1.82, 2.24) is 9.36 Å². The number of non-ortho nitro benzene ring substituents is 1. The van der Waals surface area contributed by atoms with Gasteiger partial charge in [0.25, 0.3) is 11.2 Å². The summed E-state index contributed by atoms with van der Waals surface area (Å²) >= 11 is 0.825. The van der Waals surface area contributed by atoms with E-state index in [1.165, 1.54) is 28.9 Å². The lowest BCUT2D eigenvalue weighted by molar-refractivity contribution is -0.384. The summed E-state index contributed by atoms with van der Waals surface area (Å²) < 4.78 is 3.17. The third-order valence-corrected chi connectivity index (χ3v) is 3.86. The van der Waals surface area contributed by atoms with E-state index >= 15 is 0 Å². The molecule has 21 heavy (non-hydrogen) atoms. The van der Waals surface area contributed by atoms with Crippen molar-refractivity contribution in [3.8, 4) is 11.1 Å². The normalized spacial score (nSPS) is 10.3. The van der Waals surface area contributed by atoms with Crippen LogP contribution < -0.4 is 5.56 Å². The van der Waals surface area contributed by atoms with Crippen LogP contribution in [0.1, 0.15) is 12.6 Å². The summed E-state index contributed by atoms with van der Waals surface area (Å²) in [5.41, 5.74) is 0.896. The Kier molecular flexibility index (Phi) is 4.14. The van der Waals surface area contributed by atoms with E-state index in [9.17, 15) is 14.9 Å². The number of nitrogens with zero attached hydrogens (tertiary/aromatic N) is 4. The van der Waals surface area contributed by atoms with Crippen molar-refractivity contribution < 1.29 is 4.92 Å². The van der Waals surface area contributed by atoms with Crippen LogP contribution in [0.4, 0.5) is 5.69 Å². The molecule has 0 fully saturated rings. The van der Waals surface area contributed by atoms with Crippen molar-refractivity contribution in [2.24, 2.45) is 0 Å². The monoisotopic (exact) mass is 304 g/mol. The standard InChI is InChI=1S/C13H12N4O3S/c1-3-15-9(2)12(21-8-14)13(18)16(15)10-4-6-11(7-5-10)17(19)20/h4-7H,3H2,1-2H3. The number of rotatable bonds is 4. The first-order valence-corrected chi connectivity index (χ1v) is 6.96. The summed E-state index contributed by atoms with van der Waals surface area (Å²) in [5.74, 6) is 0. The number of benzene rings is 1. The number of hydrogen-bond donors (Lipinski definition) is 0. The molecule has 0 radical (unpaired) electrons. The van der Waals surface area contributed by atoms with Gasteiger partial charge in [-0.05, 0) is 37.7 Å². The highest BCUT2D eigenvalue weighted by molar-refractivity contribution is 8.03. The zero-order chi connectivity index (χ0) is 15.6. The molecule has 0 aliphatic rings. The van der Waals surface area contributed by atoms with Crippen LogP contribution in [-0.2, 0) is 6.54 Å². The van der Waals surface area contributed by atoms with Crippen LogP contribution in [0.3, 0.4) is 0 Å². The lowest BCUT2D eigenvalue weighted by atomic mass is 10.3. The van der Waals surface area contributed by atoms with E-state index in [0.717, 1.165) is 11.8 Å². The van der Waals surface area contributed by atoms with E-state index in [-0.39, 0.29) is 11.2 Å². The molecule has 0 aliphatic carbocycles. The first-order valence-electron chi connectivity index (χ1n) is 6.14. The van der Waals surface area contributed by atoms with E-state index in [2.05, 4.69) is 0 Å². The van der Waals surface area contributed by atoms with Gasteiger partial charge in [0.05, 0.1) is 16.3 Å². The SMILES string of the molecule is CCn1c(C)c(SC#N)c(=O)n1-c1ccc([N+](=O)[O-])cc1. The second kappa shape index (κ2) is 5.85. The van der Waals surface area contributed by atoms with Crippen LogP contribution >= 0.6 is 11.8 Å². The van der Waals surface area contributed by atoms with E-state index in [1.54, 1.807) is 11.6 Å². The molecule has 0 spiro atoms. The second-order valence-electron chi connectivity index (χ2n) is 4.21. The Hall–Kier alpha value is -2.53. The molecule has 0 saturated heterocycles. The van der Waals surface area contributed by atoms with Crippen molar-refractivity contribution in [2.45, 2.75) is 25.3 Å². The molecule has 0 amide bonds. The van der Waals surface area contributed by atoms with Gasteiger partial charge in [0.15, 0.2) is 0 Å². The van der Waals surface area contributed by atoms with Crippen molar-refractivity contribution in [3.63, 3.8) is 0 Å². The maximum absolute atomic E-state index is 12.4. The van der Waals surface area contributed by atoms with Gasteiger partial charge in [-0.2, -0.15) is 5.26 Å². The van der Waals surface area contributed by atoms with Gasteiger partial charge >= 0.3 is 0 Å². The fraction of sp³-hybridized carbons (Fsp3) is 0.231. The molecule has 0 aliphatic heterocycles. The Balaban J connectivity index is 2.63. The maximum Gasteiger partial charge on any atom is 0.286 e. The van der Waals surface area contributed by atoms with Gasteiger partial charge < -0.3 is 0 Å². The van der Waals surface area contributed by atoms with Crippen molar-refractivity contribution in [3.05, 3.63) is 50.4 Å². The molecule has 8 heteroatoms. The van der Waals surface area contributed by atoms with Crippen LogP contribution in [0.5, 0.6) is 0 Å². The third-order valence-electron chi connectivity index (χ3n) is 3.10. The van der Waals surface area contributed by atoms with Crippen LogP contribution in [0.2, 0.25) is 0 Å². The fourth-order valence-corrected chi connectivity index (χ4v) is 2.66. The molecular weight excluding hydrogens is 292 g/mol. The van der Waals surface area contributed by atoms with Crippen molar-refractivity contribution in [2.75, 3.05) is 0 Å². The molecule has 0 unspecified atom stereocenters. The molecule has 1 aromatic carbocycles. The van der Waals surface area contributed by atoms with Crippen LogP contribution in [0.15, 0.2) is 34.0 Å². The van der Waals surface area contributed by atoms with Gasteiger partial charge in [0.1, 0.15) is 10.3 Å². The predicted molar refractivity (Wildman–Crippen MR) is 78.6 cm³/mol. The highest BCUT2D eigenvalue weighted by Crippen LogP contribution is 2.21. The van der Waals surface area contributed by atoms with E-state index in [0.29, 0.717) is 22.8 Å². The Morgan fingerprint density at radius 3 is 2.48 bits per heavy atom. The molecule has 1 heterocycles. The summed E-state index contributed by atoms with van der Waals surface area (Å²) in [4.78, 5) is 23.0. The molecule has 0 bridgehead atoms. The highest BCUT2D eigenvalue weighted by atomic mass is 32.2. The summed E-state index contributed by atoms with van der Waals surface area (Å²) in [5, 5.41) is 21.4. The Morgan fingerprint density at radius 2 is 2.00 bits per heavy atom. The number of nitro groups is 1. The number of nitriles is 1. The minimum atomic E-state index is -0.492. The Labute approximate surface area is 124 Å². The molecule has 7 nitrogen and oxygen atoms in total. The molecule has 1 aromatic heterocycles. The van der Waals surface area contributed by atoms with Gasteiger partial charge in [0.2, 0.25) is 0 Å². The molecule has 2 rings (SSSR count). The van der Waals surface area contributed by atoms with Gasteiger partial charge in [-0.25, -0.2) is 4.68 Å². The van der Waals surface area contributed by atoms with Gasteiger partial charge in [-0.3, -0.25) is 19.6 Å². The third kappa shape index (κ3) is 2.55. The summed E-state index contributed by atoms with van der Waals surface area (Å²) in [6.45, 7) is 4.20. The molecule has 108 valence electrons. The minimum absolute atomic E-state index is 0.0373. The summed E-state index contributed by atoms with van der Waals surface area (Å²) in [6.07, 6.45) is 0. The van der Waals surface area contributed by atoms with Crippen LogP contribution in [-0.4, -0.2) is 14.3 Å². The fourth-order valence-electron chi connectivity index (χ4n) is 2.14. The van der Waals surface area contributed by atoms with E-state index in [1.807, 2.05) is 12.3 Å². The maximum atomic E-state index is 12.4. The van der Waals surface area contributed by atoms with Crippen LogP contribution in [0.25, 0.3) is 5.69 Å². The second-order valence-corrected chi connectivity index (χ2v) is 5.01. The average Bonchev–Trinajstić information content (AvgIpc) is 2.71. The van der Waals surface area contributed by atoms with Gasteiger partial charge in [0, 0.05) is 18.7 Å². The molecule has 0 atom stereocenters. The smallest absolute Gasteiger partial charge is 0.281 e.